The van der Waals surface area contributed by atoms with E-state index in [-0.39, 0.29) is 51.0 Å². The van der Waals surface area contributed by atoms with E-state index in [1.54, 1.807) is 6.20 Å². The van der Waals surface area contributed by atoms with E-state index in [9.17, 15) is 0 Å². The molecule has 0 atom stereocenters. The maximum atomic E-state index is 5.28. The van der Waals surface area contributed by atoms with Crippen LogP contribution < -0.4 is 9.80 Å². The average molecular weight is 2180 g/mol. The van der Waals surface area contributed by atoms with Gasteiger partial charge in [-0.25, -0.2) is 9.97 Å². The Morgan fingerprint density at radius 1 is 0.232 bits per heavy atom. The summed E-state index contributed by atoms with van der Waals surface area (Å²) in [4.78, 5) is 19.5. The number of rotatable bonds is 13. The summed E-state index contributed by atoms with van der Waals surface area (Å²) in [5.41, 5.74) is 37.7. The Balaban J connectivity index is 0.000000114. The van der Waals surface area contributed by atoms with Gasteiger partial charge in [-0.05, 0) is 223 Å². The van der Waals surface area contributed by atoms with Crippen molar-refractivity contribution in [2.24, 2.45) is 0 Å². The quantitative estimate of drug-likeness (QED) is 0.0850. The van der Waals surface area contributed by atoms with Gasteiger partial charge in [0.25, 0.3) is 0 Å². The van der Waals surface area contributed by atoms with Crippen LogP contribution in [0, 0.1) is 6.07 Å². The molecule has 20 aromatic carbocycles. The Morgan fingerprint density at radius 3 is 0.951 bits per heavy atom. The van der Waals surface area contributed by atoms with Crippen molar-refractivity contribution in [1.82, 2.24) is 24.1 Å². The average Bonchev–Trinajstić information content (AvgIpc) is 1.58. The summed E-state index contributed by atoms with van der Waals surface area (Å²) in [5, 5.41) is 12.2. The minimum absolute atomic E-state index is 0. The van der Waals surface area contributed by atoms with Crippen molar-refractivity contribution in [2.45, 2.75) is 38.5 Å². The molecule has 7 nitrogen and oxygen atoms in total. The van der Waals surface area contributed by atoms with Crippen LogP contribution in [0.2, 0.25) is 0 Å². The van der Waals surface area contributed by atoms with Gasteiger partial charge in [0.15, 0.2) is 0 Å². The third-order valence-corrected chi connectivity index (χ3v) is 28.3. The van der Waals surface area contributed by atoms with E-state index in [0.717, 1.165) is 89.7 Å². The van der Waals surface area contributed by atoms with Crippen LogP contribution in [0.5, 0.6) is 0 Å². The van der Waals surface area contributed by atoms with Crippen LogP contribution in [0.3, 0.4) is 0 Å². The van der Waals surface area contributed by atoms with E-state index in [1.807, 2.05) is 42.5 Å². The summed E-state index contributed by atoms with van der Waals surface area (Å²) in [6, 6.07) is 183. The Kier molecular flexibility index (Phi) is 24.6. The fourth-order valence-electron chi connectivity index (χ4n) is 21.3. The third kappa shape index (κ3) is 16.7. The van der Waals surface area contributed by atoms with Crippen LogP contribution in [0.15, 0.2) is 510 Å². The first-order valence-corrected chi connectivity index (χ1v) is 48.1. The summed E-state index contributed by atoms with van der Waals surface area (Å²) in [6.45, 7) is 9.31. The molecular formula is C133H96Ir2N7-. The molecule has 0 fully saturated rings. The molecule has 0 saturated carbocycles. The van der Waals surface area contributed by atoms with Crippen LogP contribution in [-0.4, -0.2) is 24.1 Å². The zero-order chi connectivity index (χ0) is 93.8. The second-order valence-corrected chi connectivity index (χ2v) is 37.2. The molecule has 27 rings (SSSR count). The minimum Gasteiger partial charge on any atom is -0.310 e. The number of benzene rings is 20. The van der Waals surface area contributed by atoms with E-state index < -0.39 is 0 Å². The topological polar surface area (TPSA) is 55.0 Å². The van der Waals surface area contributed by atoms with Crippen molar-refractivity contribution >= 4 is 121 Å². The van der Waals surface area contributed by atoms with Gasteiger partial charge in [0.1, 0.15) is 0 Å². The Hall–Kier alpha value is -16.6. The van der Waals surface area contributed by atoms with Crippen LogP contribution in [0.4, 0.5) is 34.1 Å². The molecule has 2 aliphatic carbocycles. The largest absolute Gasteiger partial charge is 0.310 e. The molecule has 0 unspecified atom stereocenters. The number of para-hydroxylation sites is 6. The first kappa shape index (κ1) is 90.5. The van der Waals surface area contributed by atoms with Crippen molar-refractivity contribution in [3.63, 3.8) is 0 Å². The van der Waals surface area contributed by atoms with Gasteiger partial charge >= 0.3 is 0 Å². The molecule has 0 bridgehead atoms. The Labute approximate surface area is 854 Å². The van der Waals surface area contributed by atoms with Gasteiger partial charge in [0.2, 0.25) is 0 Å². The second kappa shape index (κ2) is 38.6. The zero-order valence-electron chi connectivity index (χ0n) is 78.8. The second-order valence-electron chi connectivity index (χ2n) is 37.2. The van der Waals surface area contributed by atoms with Gasteiger partial charge in [-0.2, -0.15) is 0 Å². The van der Waals surface area contributed by atoms with Gasteiger partial charge in [-0.15, -0.1) is 35.9 Å². The standard InChI is InChI=1S/C44H32N2.C42H32N2.C36H24N2.C11H8N.2Ir/c1-3-17-37(18-4-1)45(43-23-11-15-35-13-7-9-21-41(35)43)39-29-25-33(26-30-39)34-27-31-40(32-28-34)46(38-19-5-2-6-20-38)44-24-12-16-36-14-8-10-22-42(36)44;1-41(2)33-11-7-5-9-29(33)31-19-15-27(23-35(31)41)37-21-17-25-13-14-26-18-22-38(44-40(26)39(25)43-37)28-16-20-32-30-10-6-8-12-34(30)42(3,4)36(32)24-28;1-5-13-33-29(9-1)30-10-2-6-14-34(30)37(33)27-21-17-25(18-22-27)26-19-23-28(24-20-26)38-35-15-7-3-11-31(35)32-12-4-8-16-36(32)38;1-2-6-10(7-3-1)11-8-4-5-9-12-11;;/h1-32H;5-24H,1-4H3;1-24H;1-6,8-9H;;/q;;;-1;;. The van der Waals surface area contributed by atoms with Crippen molar-refractivity contribution in [2.75, 3.05) is 9.80 Å². The number of nitrogens with zero attached hydrogens (tertiary/aromatic N) is 7. The van der Waals surface area contributed by atoms with Gasteiger partial charge < -0.3 is 23.9 Å². The van der Waals surface area contributed by atoms with Crippen molar-refractivity contribution in [1.29, 1.82) is 0 Å². The molecule has 25 aromatic rings. The molecular weight excluding hydrogens is 2080 g/mol. The number of anilines is 6. The first-order chi connectivity index (χ1) is 69.0. The summed E-state index contributed by atoms with van der Waals surface area (Å²) in [5.74, 6) is 0. The van der Waals surface area contributed by atoms with E-state index in [2.05, 4.69) is 519 Å². The Bertz CT molecular complexity index is 8330. The summed E-state index contributed by atoms with van der Waals surface area (Å²) in [7, 11) is 0. The SMILES string of the molecule is CC1(C)c2ccccc2-c2ccc(-c3ccc4ccc5ccc(-c6ccc7c(c6)C(C)(C)c6ccccc6-7)nc5c4n3)cc21.[Ir].[Ir].[c-]1ccccc1-c1ccccn1.c1ccc(N(c2ccc(-c3ccc(N(c4ccccc4)c4cccc5ccccc45)cc3)cc2)c2cccc3ccccc23)cc1.c1ccc2c(c1)c1ccccc1n2-c1ccc(-c2ccc(-n3c4ccccc4c4ccccc43)cc2)cc1. The summed E-state index contributed by atoms with van der Waals surface area (Å²) >= 11 is 0. The number of hydrogen-bond donors (Lipinski definition) is 0. The molecule has 0 amide bonds. The molecule has 142 heavy (non-hydrogen) atoms. The van der Waals surface area contributed by atoms with Crippen molar-refractivity contribution in [3.8, 4) is 89.7 Å². The molecule has 9 heteroatoms. The van der Waals surface area contributed by atoms with E-state index >= 15 is 0 Å². The predicted octanol–water partition coefficient (Wildman–Crippen LogP) is 35.4. The van der Waals surface area contributed by atoms with Crippen LogP contribution in [-0.2, 0) is 51.0 Å². The monoisotopic (exact) mass is 2180 g/mol. The van der Waals surface area contributed by atoms with Gasteiger partial charge in [-0.1, -0.05) is 367 Å². The molecule has 0 N–H and O–H groups in total. The summed E-state index contributed by atoms with van der Waals surface area (Å²) < 4.78 is 4.72. The van der Waals surface area contributed by atoms with E-state index in [0.29, 0.717) is 0 Å². The van der Waals surface area contributed by atoms with Gasteiger partial charge in [0, 0.05) is 146 Å². The maximum absolute atomic E-state index is 5.28. The van der Waals surface area contributed by atoms with Crippen LogP contribution in [0.1, 0.15) is 49.9 Å². The normalized spacial score (nSPS) is 12.2. The predicted molar refractivity (Wildman–Crippen MR) is 588 cm³/mol. The number of aromatic nitrogens is 5. The first-order valence-electron chi connectivity index (χ1n) is 48.1. The number of hydrogen-bond acceptors (Lipinski definition) is 5. The summed E-state index contributed by atoms with van der Waals surface area (Å²) in [6.07, 6.45) is 1.79. The fourth-order valence-corrected chi connectivity index (χ4v) is 21.3. The molecule has 2 radical (unpaired) electrons. The molecule has 5 heterocycles. The molecule has 682 valence electrons. The van der Waals surface area contributed by atoms with Crippen molar-refractivity contribution < 1.29 is 40.2 Å². The van der Waals surface area contributed by atoms with Gasteiger partial charge in [0.05, 0.1) is 55.9 Å². The third-order valence-electron chi connectivity index (χ3n) is 28.3. The minimum atomic E-state index is -0.0479. The fraction of sp³-hybridized carbons (Fsp3) is 0.0451. The van der Waals surface area contributed by atoms with E-state index in [4.69, 9.17) is 9.97 Å². The molecule has 2 aliphatic rings. The molecule has 0 aliphatic heterocycles. The Morgan fingerprint density at radius 2 is 0.556 bits per heavy atom. The van der Waals surface area contributed by atoms with E-state index in [1.165, 1.54) is 143 Å². The zero-order valence-corrected chi connectivity index (χ0v) is 83.6. The van der Waals surface area contributed by atoms with Crippen LogP contribution in [0.25, 0.3) is 177 Å². The molecule has 5 aromatic heterocycles. The number of fused-ring (bicyclic) bond motifs is 17. The van der Waals surface area contributed by atoms with Gasteiger partial charge in [-0.3, -0.25) is 0 Å². The number of pyridine rings is 3. The van der Waals surface area contributed by atoms with Crippen LogP contribution >= 0.6 is 0 Å². The maximum Gasteiger partial charge on any atom is 0.0972 e. The molecule has 0 saturated heterocycles. The molecule has 0 spiro atoms. The smallest absolute Gasteiger partial charge is 0.0972 e. The van der Waals surface area contributed by atoms with Crippen molar-refractivity contribution in [3.05, 3.63) is 538 Å².